The monoisotopic (exact) mass is 677 g/mol. The molecule has 9 nitrogen and oxygen atoms in total. The average Bonchev–Trinajstić information content (AvgIpc) is 3.04. The third kappa shape index (κ3) is 44.3. The van der Waals surface area contributed by atoms with E-state index in [2.05, 4.69) is 20.8 Å². The standard InChI is InChI=1S/C14H28O3.2C12H24O3/c1-2-3-4-5-6-7-8-9-10-11-12-13(15)14(16)17;2*1-2-3-4-5-6-7-8-9-10-11(13)12(14)15/h13,15H,2-12H2,1H3,(H,16,17);2*11,13H,2-10H2,1H3,(H,14,15). The summed E-state index contributed by atoms with van der Waals surface area (Å²) in [6.07, 6.45) is 28.9. The second kappa shape index (κ2) is 40.5. The summed E-state index contributed by atoms with van der Waals surface area (Å²) in [7, 11) is 0. The first-order chi connectivity index (χ1) is 22.5. The molecule has 6 N–H and O–H groups in total. The van der Waals surface area contributed by atoms with Crippen LogP contribution in [0.1, 0.15) is 207 Å². The van der Waals surface area contributed by atoms with Gasteiger partial charge in [-0.25, -0.2) is 14.4 Å². The lowest BCUT2D eigenvalue weighted by Gasteiger charge is -2.05. The molecule has 0 radical (unpaired) electrons. The molecule has 3 unspecified atom stereocenters. The molecule has 0 aliphatic carbocycles. The molecule has 282 valence electrons. The highest BCUT2D eigenvalue weighted by Gasteiger charge is 2.13. The summed E-state index contributed by atoms with van der Waals surface area (Å²) in [6.45, 7) is 6.63. The molecule has 0 saturated carbocycles. The van der Waals surface area contributed by atoms with Crippen molar-refractivity contribution in [1.82, 2.24) is 0 Å². The maximum atomic E-state index is 10.3. The second-order valence-corrected chi connectivity index (χ2v) is 13.1. The number of rotatable bonds is 32. The lowest BCUT2D eigenvalue weighted by Crippen LogP contribution is -2.18. The van der Waals surface area contributed by atoms with Crippen LogP contribution in [0, 0.1) is 0 Å². The summed E-state index contributed by atoms with van der Waals surface area (Å²) in [5.74, 6) is -3.29. The molecule has 0 aliphatic rings. The highest BCUT2D eigenvalue weighted by molar-refractivity contribution is 5.72. The first-order valence-electron chi connectivity index (χ1n) is 19.3. The van der Waals surface area contributed by atoms with Crippen LogP contribution in [0.15, 0.2) is 0 Å². The number of carbonyl (C=O) groups is 3. The Bertz CT molecular complexity index is 636. The molecule has 0 saturated heterocycles. The number of aliphatic hydroxyl groups is 3. The van der Waals surface area contributed by atoms with Crippen molar-refractivity contribution in [3.63, 3.8) is 0 Å². The third-order valence-corrected chi connectivity index (χ3v) is 8.35. The van der Waals surface area contributed by atoms with Gasteiger partial charge in [0.05, 0.1) is 0 Å². The van der Waals surface area contributed by atoms with E-state index in [9.17, 15) is 14.4 Å². The minimum atomic E-state index is -1.16. The Kier molecular flexibility index (Phi) is 42.8. The smallest absolute Gasteiger partial charge is 0.332 e. The Balaban J connectivity index is -0.000000620. The van der Waals surface area contributed by atoms with E-state index in [-0.39, 0.29) is 0 Å². The van der Waals surface area contributed by atoms with Gasteiger partial charge in [-0.3, -0.25) is 0 Å². The minimum absolute atomic E-state index is 0.393. The van der Waals surface area contributed by atoms with Crippen LogP contribution >= 0.6 is 0 Å². The van der Waals surface area contributed by atoms with Crippen molar-refractivity contribution in [2.45, 2.75) is 225 Å². The van der Waals surface area contributed by atoms with Crippen LogP contribution < -0.4 is 0 Å². The molecule has 0 bridgehead atoms. The van der Waals surface area contributed by atoms with Gasteiger partial charge in [0, 0.05) is 0 Å². The van der Waals surface area contributed by atoms with Gasteiger partial charge in [0.2, 0.25) is 0 Å². The zero-order valence-electron chi connectivity index (χ0n) is 30.6. The van der Waals surface area contributed by atoms with E-state index >= 15 is 0 Å². The second-order valence-electron chi connectivity index (χ2n) is 13.1. The quantitative estimate of drug-likeness (QED) is 0.0379. The SMILES string of the molecule is CCCCCCCCCCC(O)C(=O)O.CCCCCCCCCCC(O)C(=O)O.CCCCCCCCCCCCC(O)C(=O)O. The van der Waals surface area contributed by atoms with Crippen LogP contribution in [-0.2, 0) is 14.4 Å². The molecule has 0 aromatic carbocycles. The topological polar surface area (TPSA) is 173 Å². The third-order valence-electron chi connectivity index (χ3n) is 8.35. The van der Waals surface area contributed by atoms with Gasteiger partial charge in [-0.1, -0.05) is 188 Å². The van der Waals surface area contributed by atoms with Crippen LogP contribution in [-0.4, -0.2) is 66.9 Å². The first kappa shape index (κ1) is 49.7. The summed E-state index contributed by atoms with van der Waals surface area (Å²) in [4.78, 5) is 30.9. The molecule has 0 amide bonds. The van der Waals surface area contributed by atoms with Crippen molar-refractivity contribution in [2.24, 2.45) is 0 Å². The fourth-order valence-corrected chi connectivity index (χ4v) is 5.14. The van der Waals surface area contributed by atoms with Gasteiger partial charge in [-0.2, -0.15) is 0 Å². The van der Waals surface area contributed by atoms with Crippen LogP contribution in [0.4, 0.5) is 0 Å². The Hall–Kier alpha value is -1.71. The van der Waals surface area contributed by atoms with Crippen LogP contribution in [0.2, 0.25) is 0 Å². The fourth-order valence-electron chi connectivity index (χ4n) is 5.14. The van der Waals surface area contributed by atoms with Crippen molar-refractivity contribution >= 4 is 17.9 Å². The molecule has 0 heterocycles. The number of aliphatic hydroxyl groups excluding tert-OH is 3. The number of hydrogen-bond acceptors (Lipinski definition) is 6. The number of carboxylic acid groups (broad SMARTS) is 3. The van der Waals surface area contributed by atoms with E-state index in [1.54, 1.807) is 0 Å². The molecule has 0 aliphatic heterocycles. The van der Waals surface area contributed by atoms with Gasteiger partial charge < -0.3 is 30.6 Å². The van der Waals surface area contributed by atoms with Gasteiger partial charge in [-0.15, -0.1) is 0 Å². The molecular formula is C38H76O9. The van der Waals surface area contributed by atoms with Gasteiger partial charge in [0.15, 0.2) is 18.3 Å². The van der Waals surface area contributed by atoms with Gasteiger partial charge >= 0.3 is 17.9 Å². The van der Waals surface area contributed by atoms with E-state index < -0.39 is 36.2 Å². The molecule has 0 aromatic heterocycles. The zero-order valence-corrected chi connectivity index (χ0v) is 30.6. The predicted molar refractivity (Wildman–Crippen MR) is 192 cm³/mol. The van der Waals surface area contributed by atoms with Crippen molar-refractivity contribution in [2.75, 3.05) is 0 Å². The van der Waals surface area contributed by atoms with Gasteiger partial charge in [0.1, 0.15) is 0 Å². The van der Waals surface area contributed by atoms with Crippen LogP contribution in [0.3, 0.4) is 0 Å². The van der Waals surface area contributed by atoms with Gasteiger partial charge in [0.25, 0.3) is 0 Å². The molecule has 3 atom stereocenters. The molecule has 0 spiro atoms. The summed E-state index contributed by atoms with van der Waals surface area (Å²) < 4.78 is 0. The van der Waals surface area contributed by atoms with Crippen molar-refractivity contribution in [1.29, 1.82) is 0 Å². The molecule has 0 aromatic rings. The van der Waals surface area contributed by atoms with E-state index in [4.69, 9.17) is 30.6 Å². The fraction of sp³-hybridized carbons (Fsp3) is 0.921. The normalized spacial score (nSPS) is 12.6. The van der Waals surface area contributed by atoms with E-state index in [0.29, 0.717) is 19.3 Å². The molecule has 0 rings (SSSR count). The highest BCUT2D eigenvalue weighted by Crippen LogP contribution is 2.13. The Morgan fingerprint density at radius 2 is 0.468 bits per heavy atom. The molecule has 9 heteroatoms. The summed E-state index contributed by atoms with van der Waals surface area (Å²) in [6, 6.07) is 0. The Morgan fingerprint density at radius 3 is 0.617 bits per heavy atom. The molecule has 47 heavy (non-hydrogen) atoms. The Labute approximate surface area is 288 Å². The number of unbranched alkanes of at least 4 members (excludes halogenated alkanes) is 23. The van der Waals surface area contributed by atoms with Crippen LogP contribution in [0.25, 0.3) is 0 Å². The zero-order chi connectivity index (χ0) is 36.0. The average molecular weight is 677 g/mol. The van der Waals surface area contributed by atoms with E-state index in [1.165, 1.54) is 116 Å². The van der Waals surface area contributed by atoms with Gasteiger partial charge in [-0.05, 0) is 19.3 Å². The first-order valence-corrected chi connectivity index (χ1v) is 19.3. The largest absolute Gasteiger partial charge is 0.479 e. The van der Waals surface area contributed by atoms with E-state index in [1.807, 2.05) is 0 Å². The van der Waals surface area contributed by atoms with Crippen molar-refractivity contribution in [3.05, 3.63) is 0 Å². The maximum Gasteiger partial charge on any atom is 0.332 e. The van der Waals surface area contributed by atoms with Crippen molar-refractivity contribution in [3.8, 4) is 0 Å². The predicted octanol–water partition coefficient (Wildman–Crippen LogP) is 9.67. The Morgan fingerprint density at radius 1 is 0.319 bits per heavy atom. The number of aliphatic carboxylic acids is 3. The lowest BCUT2D eigenvalue weighted by atomic mass is 10.0. The minimum Gasteiger partial charge on any atom is -0.479 e. The van der Waals surface area contributed by atoms with E-state index in [0.717, 1.165) is 51.4 Å². The summed E-state index contributed by atoms with van der Waals surface area (Å²) >= 11 is 0. The number of carboxylic acids is 3. The van der Waals surface area contributed by atoms with Crippen molar-refractivity contribution < 1.29 is 45.0 Å². The summed E-state index contributed by atoms with van der Waals surface area (Å²) in [5.41, 5.74) is 0. The van der Waals surface area contributed by atoms with Crippen LogP contribution in [0.5, 0.6) is 0 Å². The summed E-state index contributed by atoms with van der Waals surface area (Å²) in [5, 5.41) is 52.4. The lowest BCUT2D eigenvalue weighted by molar-refractivity contribution is -0.147. The molecular weight excluding hydrogens is 600 g/mol. The number of hydrogen-bond donors (Lipinski definition) is 6. The highest BCUT2D eigenvalue weighted by atomic mass is 16.4. The maximum absolute atomic E-state index is 10.3. The molecule has 0 fully saturated rings.